The molecule has 6 nitrogen and oxygen atoms in total. The third kappa shape index (κ3) is 6.64. The van der Waals surface area contributed by atoms with Crippen LogP contribution in [0.4, 0.5) is 10.5 Å². The molecule has 0 atom stereocenters. The van der Waals surface area contributed by atoms with E-state index in [1.165, 1.54) is 7.11 Å². The van der Waals surface area contributed by atoms with E-state index in [4.69, 9.17) is 16.3 Å². The van der Waals surface area contributed by atoms with Crippen LogP contribution < -0.4 is 10.0 Å². The summed E-state index contributed by atoms with van der Waals surface area (Å²) in [7, 11) is 1.35. The third-order valence-electron chi connectivity index (χ3n) is 4.94. The van der Waals surface area contributed by atoms with Crippen LogP contribution in [0.1, 0.15) is 80.4 Å². The number of benzene rings is 2. The van der Waals surface area contributed by atoms with Crippen LogP contribution in [-0.2, 0) is 10.3 Å². The topological polar surface area (TPSA) is 87.7 Å². The second-order valence-electron chi connectivity index (χ2n) is 8.72. The van der Waals surface area contributed by atoms with Crippen LogP contribution in [0.3, 0.4) is 0 Å². The monoisotopic (exact) mass is 478 g/mol. The first kappa shape index (κ1) is 26.0. The Morgan fingerprint density at radius 3 is 2.06 bits per heavy atom. The maximum absolute atomic E-state index is 12.8. The van der Waals surface area contributed by atoms with E-state index in [0.29, 0.717) is 26.7 Å². The molecule has 0 saturated carbocycles. The van der Waals surface area contributed by atoms with Crippen LogP contribution in [0.15, 0.2) is 35.2 Å². The summed E-state index contributed by atoms with van der Waals surface area (Å²) in [5, 5.41) is 13.7. The minimum Gasteiger partial charge on any atom is -0.465 e. The lowest BCUT2D eigenvalue weighted by atomic mass is 9.90. The summed E-state index contributed by atoms with van der Waals surface area (Å²) in [6.07, 6.45) is 0. The molecular weight excluding hydrogens is 448 g/mol. The smallest absolute Gasteiger partial charge is 0.337 e. The van der Waals surface area contributed by atoms with Crippen molar-refractivity contribution in [3.63, 3.8) is 0 Å². The minimum absolute atomic E-state index is 0.0716. The van der Waals surface area contributed by atoms with Crippen molar-refractivity contribution in [1.29, 1.82) is 0 Å². The number of amides is 2. The molecular formula is C24H31ClN2O4S. The Morgan fingerprint density at radius 1 is 1.03 bits per heavy atom. The normalized spacial score (nSPS) is 11.6. The van der Waals surface area contributed by atoms with Gasteiger partial charge in [0.15, 0.2) is 0 Å². The molecule has 0 aliphatic heterocycles. The van der Waals surface area contributed by atoms with E-state index >= 15 is 0 Å². The van der Waals surface area contributed by atoms with Gasteiger partial charge in [0.1, 0.15) is 0 Å². The predicted octanol–water partition coefficient (Wildman–Crippen LogP) is 6.43. The predicted molar refractivity (Wildman–Crippen MR) is 131 cm³/mol. The Kier molecular flexibility index (Phi) is 8.62. The lowest BCUT2D eigenvalue weighted by Crippen LogP contribution is -2.25. The molecule has 174 valence electrons. The zero-order valence-corrected chi connectivity index (χ0v) is 21.1. The summed E-state index contributed by atoms with van der Waals surface area (Å²) >= 11 is 7.27. The number of hydrogen-bond donors (Lipinski definition) is 3. The molecule has 0 saturated heterocycles. The second-order valence-corrected chi connectivity index (χ2v) is 10.0. The van der Waals surface area contributed by atoms with Crippen LogP contribution >= 0.6 is 23.5 Å². The summed E-state index contributed by atoms with van der Waals surface area (Å²) in [4.78, 5) is 25.6. The van der Waals surface area contributed by atoms with E-state index in [0.717, 1.165) is 23.1 Å². The number of esters is 1. The molecule has 2 amide bonds. The van der Waals surface area contributed by atoms with Crippen molar-refractivity contribution < 1.29 is 19.4 Å². The molecule has 0 bridgehead atoms. The first-order chi connectivity index (χ1) is 14.8. The zero-order chi connectivity index (χ0) is 24.2. The van der Waals surface area contributed by atoms with Crippen LogP contribution in [0, 0.1) is 0 Å². The molecule has 0 spiro atoms. The Morgan fingerprint density at radius 2 is 1.59 bits per heavy atom. The van der Waals surface area contributed by atoms with Gasteiger partial charge in [-0.15, -0.1) is 0 Å². The Hall–Kier alpha value is -2.22. The molecule has 0 aliphatic carbocycles. The highest BCUT2D eigenvalue weighted by Crippen LogP contribution is 2.35. The van der Waals surface area contributed by atoms with Crippen molar-refractivity contribution in [3.8, 4) is 0 Å². The van der Waals surface area contributed by atoms with Crippen molar-refractivity contribution >= 4 is 41.2 Å². The first-order valence-corrected chi connectivity index (χ1v) is 11.6. The van der Waals surface area contributed by atoms with Crippen molar-refractivity contribution in [1.82, 2.24) is 4.72 Å². The highest BCUT2D eigenvalue weighted by Gasteiger charge is 2.21. The van der Waals surface area contributed by atoms with Gasteiger partial charge in [-0.25, -0.2) is 9.59 Å². The van der Waals surface area contributed by atoms with E-state index in [1.807, 2.05) is 27.7 Å². The van der Waals surface area contributed by atoms with Gasteiger partial charge in [-0.2, -0.15) is 0 Å². The van der Waals surface area contributed by atoms with E-state index < -0.39 is 17.6 Å². The molecule has 8 heteroatoms. The van der Waals surface area contributed by atoms with Gasteiger partial charge in [0, 0.05) is 15.6 Å². The number of aliphatic hydroxyl groups is 1. The standard InChI is InChI=1S/C24H31ClN2O4S/c1-13(2)19-8-15(22(28)31-7)9-20(14(3)4)21(19)26-23(29)27-32-18-11-16(24(5,6)30)10-17(25)12-18/h8-14,30H,1-7H3,(H2,26,27,29). The summed E-state index contributed by atoms with van der Waals surface area (Å²) in [6.45, 7) is 11.4. The zero-order valence-electron chi connectivity index (χ0n) is 19.5. The Labute approximate surface area is 199 Å². The van der Waals surface area contributed by atoms with Gasteiger partial charge in [0.05, 0.1) is 18.3 Å². The molecule has 2 aromatic carbocycles. The fourth-order valence-electron chi connectivity index (χ4n) is 3.20. The molecule has 0 heterocycles. The number of halogens is 1. The first-order valence-electron chi connectivity index (χ1n) is 10.4. The van der Waals surface area contributed by atoms with E-state index in [2.05, 4.69) is 10.0 Å². The van der Waals surface area contributed by atoms with Crippen molar-refractivity contribution in [2.45, 2.75) is 63.9 Å². The minimum atomic E-state index is -1.05. The van der Waals surface area contributed by atoms with Crippen molar-refractivity contribution in [3.05, 3.63) is 57.6 Å². The van der Waals surface area contributed by atoms with Gasteiger partial charge < -0.3 is 15.2 Å². The highest BCUT2D eigenvalue weighted by atomic mass is 35.5. The second kappa shape index (κ2) is 10.6. The fraction of sp³-hybridized carbons (Fsp3) is 0.417. The van der Waals surface area contributed by atoms with Gasteiger partial charge in [-0.3, -0.25) is 4.72 Å². The van der Waals surface area contributed by atoms with Gasteiger partial charge in [0.2, 0.25) is 0 Å². The van der Waals surface area contributed by atoms with Crippen LogP contribution in [0.2, 0.25) is 5.02 Å². The summed E-state index contributed by atoms with van der Waals surface area (Å²) in [5.74, 6) is -0.270. The molecule has 32 heavy (non-hydrogen) atoms. The molecule has 0 radical (unpaired) electrons. The number of carbonyl (C=O) groups is 2. The van der Waals surface area contributed by atoms with Crippen molar-refractivity contribution in [2.75, 3.05) is 12.4 Å². The number of ether oxygens (including phenoxy) is 1. The maximum atomic E-state index is 12.8. The SMILES string of the molecule is COC(=O)c1cc(C(C)C)c(NC(=O)NSc2cc(Cl)cc(C(C)(C)O)c2)c(C(C)C)c1. The molecule has 3 N–H and O–H groups in total. The molecule has 0 aromatic heterocycles. The van der Waals surface area contributed by atoms with Gasteiger partial charge >= 0.3 is 12.0 Å². The molecule has 2 rings (SSSR count). The average molecular weight is 479 g/mol. The maximum Gasteiger partial charge on any atom is 0.337 e. The summed E-state index contributed by atoms with van der Waals surface area (Å²) in [6, 6.07) is 8.30. The number of rotatable bonds is 7. The number of carbonyl (C=O) groups excluding carboxylic acids is 2. The molecule has 2 aromatic rings. The van der Waals surface area contributed by atoms with Gasteiger partial charge in [-0.05, 0) is 84.7 Å². The lowest BCUT2D eigenvalue weighted by Gasteiger charge is -2.22. The third-order valence-corrected chi connectivity index (χ3v) is 5.92. The van der Waals surface area contributed by atoms with Crippen LogP contribution in [-0.4, -0.2) is 24.2 Å². The fourth-order valence-corrected chi connectivity index (χ4v) is 4.13. The largest absolute Gasteiger partial charge is 0.465 e. The lowest BCUT2D eigenvalue weighted by molar-refractivity contribution is 0.0600. The van der Waals surface area contributed by atoms with Crippen LogP contribution in [0.25, 0.3) is 0 Å². The highest BCUT2D eigenvalue weighted by molar-refractivity contribution is 7.98. The summed E-state index contributed by atoms with van der Waals surface area (Å²) < 4.78 is 7.66. The number of urea groups is 1. The van der Waals surface area contributed by atoms with Crippen LogP contribution in [0.5, 0.6) is 0 Å². The Bertz CT molecular complexity index is 971. The average Bonchev–Trinajstić information content (AvgIpc) is 2.70. The van der Waals surface area contributed by atoms with Gasteiger partial charge in [-0.1, -0.05) is 39.3 Å². The number of methoxy groups -OCH3 is 1. The van der Waals surface area contributed by atoms with E-state index in [-0.39, 0.29) is 11.8 Å². The number of nitrogens with one attached hydrogen (secondary N) is 2. The quantitative estimate of drug-likeness (QED) is 0.315. The summed E-state index contributed by atoms with van der Waals surface area (Å²) in [5.41, 5.74) is 2.44. The molecule has 0 fully saturated rings. The van der Waals surface area contributed by atoms with Gasteiger partial charge in [0.25, 0.3) is 0 Å². The number of hydrogen-bond acceptors (Lipinski definition) is 5. The molecule has 0 aliphatic rings. The molecule has 0 unspecified atom stereocenters. The number of anilines is 1. The van der Waals surface area contributed by atoms with E-state index in [9.17, 15) is 14.7 Å². The Balaban J connectivity index is 2.29. The van der Waals surface area contributed by atoms with Crippen molar-refractivity contribution in [2.24, 2.45) is 0 Å². The van der Waals surface area contributed by atoms with E-state index in [1.54, 1.807) is 44.2 Å².